The van der Waals surface area contributed by atoms with Crippen LogP contribution in [-0.2, 0) is 6.42 Å². The van der Waals surface area contributed by atoms with Gasteiger partial charge in [0.2, 0.25) is 0 Å². The number of anilines is 1. The van der Waals surface area contributed by atoms with Crippen molar-refractivity contribution in [1.82, 2.24) is 29.8 Å². The van der Waals surface area contributed by atoms with Gasteiger partial charge in [0.15, 0.2) is 0 Å². The summed E-state index contributed by atoms with van der Waals surface area (Å²) in [5, 5.41) is 12.3. The van der Waals surface area contributed by atoms with Gasteiger partial charge in [-0.25, -0.2) is 27.1 Å². The zero-order valence-electron chi connectivity index (χ0n) is 17.3. The van der Waals surface area contributed by atoms with Gasteiger partial charge in [-0.1, -0.05) is 17.2 Å². The summed E-state index contributed by atoms with van der Waals surface area (Å²) in [6.07, 6.45) is -0.628. The molecule has 0 fully saturated rings. The summed E-state index contributed by atoms with van der Waals surface area (Å²) in [5.74, 6) is -1.98. The minimum atomic E-state index is -2.71. The predicted octanol–water partition coefficient (Wildman–Crippen LogP) is 4.48. The van der Waals surface area contributed by atoms with E-state index in [0.29, 0.717) is 29.9 Å². The molecule has 1 aliphatic heterocycles. The van der Waals surface area contributed by atoms with Crippen LogP contribution >= 0.6 is 0 Å². The van der Waals surface area contributed by atoms with E-state index in [1.54, 1.807) is 17.0 Å². The van der Waals surface area contributed by atoms with Gasteiger partial charge in [-0.2, -0.15) is 5.10 Å². The van der Waals surface area contributed by atoms with Crippen molar-refractivity contribution in [2.45, 2.75) is 18.9 Å². The SMILES string of the molecule is Fc1cccc(F)c1-c1nnc(N2CCc3[nH]cnc3[C@@H]2c2cc3cccc(C(F)F)n3n2)o1. The fraction of sp³-hybridized carbons (Fsp3) is 0.182. The average molecular weight is 469 g/mol. The maximum atomic E-state index is 14.2. The van der Waals surface area contributed by atoms with Crippen LogP contribution in [0.2, 0.25) is 0 Å². The zero-order valence-corrected chi connectivity index (χ0v) is 17.3. The molecule has 0 saturated carbocycles. The molecule has 0 saturated heterocycles. The molecule has 0 aliphatic carbocycles. The number of aromatic nitrogens is 6. The van der Waals surface area contributed by atoms with E-state index < -0.39 is 29.7 Å². The summed E-state index contributed by atoms with van der Waals surface area (Å²) < 4.78 is 62.4. The molecule has 1 atom stereocenters. The molecular weight excluding hydrogens is 454 g/mol. The van der Waals surface area contributed by atoms with Gasteiger partial charge in [-0.3, -0.25) is 0 Å². The molecule has 0 radical (unpaired) electrons. The number of nitrogens with one attached hydrogen (secondary N) is 1. The van der Waals surface area contributed by atoms with Crippen molar-refractivity contribution in [2.24, 2.45) is 0 Å². The normalized spacial score (nSPS) is 15.9. The number of benzene rings is 1. The van der Waals surface area contributed by atoms with E-state index in [4.69, 9.17) is 4.42 Å². The first-order valence-electron chi connectivity index (χ1n) is 10.3. The molecule has 1 aliphatic rings. The van der Waals surface area contributed by atoms with Crippen molar-refractivity contribution >= 4 is 11.5 Å². The zero-order chi connectivity index (χ0) is 23.4. The van der Waals surface area contributed by atoms with Gasteiger partial charge in [0.25, 0.3) is 12.3 Å². The summed E-state index contributed by atoms with van der Waals surface area (Å²) in [4.78, 5) is 9.18. The maximum Gasteiger partial charge on any atom is 0.319 e. The molecule has 8 nitrogen and oxygen atoms in total. The highest BCUT2D eigenvalue weighted by atomic mass is 19.3. The molecule has 4 aromatic heterocycles. The molecule has 0 unspecified atom stereocenters. The van der Waals surface area contributed by atoms with Crippen LogP contribution in [0, 0.1) is 11.6 Å². The third-order valence-electron chi connectivity index (χ3n) is 5.80. The maximum absolute atomic E-state index is 14.2. The average Bonchev–Trinajstić information content (AvgIpc) is 3.56. The van der Waals surface area contributed by atoms with Crippen LogP contribution in [0.1, 0.15) is 35.2 Å². The van der Waals surface area contributed by atoms with Crippen LogP contribution in [-0.4, -0.2) is 36.3 Å². The van der Waals surface area contributed by atoms with Gasteiger partial charge >= 0.3 is 6.01 Å². The Morgan fingerprint density at radius 3 is 2.65 bits per heavy atom. The van der Waals surface area contributed by atoms with E-state index in [1.165, 1.54) is 29.0 Å². The third-order valence-corrected chi connectivity index (χ3v) is 5.80. The van der Waals surface area contributed by atoms with Crippen LogP contribution < -0.4 is 4.90 Å². The molecule has 6 rings (SSSR count). The molecule has 1 N–H and O–H groups in total. The van der Waals surface area contributed by atoms with E-state index in [9.17, 15) is 17.6 Å². The standard InChI is InChI=1S/C22H15F4N7O/c23-12-4-2-5-13(24)17(12)21-29-30-22(34-21)32-8-7-14-18(28-10-27-14)19(32)15-9-11-3-1-6-16(20(25)26)33(11)31-15/h1-6,9-10,19-20H,7-8H2,(H,27,28)/t19-/m0/s1. The van der Waals surface area contributed by atoms with E-state index in [0.717, 1.165) is 17.8 Å². The Hall–Kier alpha value is -4.22. The number of fused-ring (bicyclic) bond motifs is 2. The molecule has 0 amide bonds. The minimum absolute atomic E-state index is 0.00226. The first-order valence-corrected chi connectivity index (χ1v) is 10.3. The number of nitrogens with zero attached hydrogens (tertiary/aromatic N) is 6. The largest absolute Gasteiger partial charge is 0.403 e. The number of alkyl halides is 2. The quantitative estimate of drug-likeness (QED) is 0.391. The first-order chi connectivity index (χ1) is 16.5. The lowest BCUT2D eigenvalue weighted by Gasteiger charge is -2.32. The highest BCUT2D eigenvalue weighted by Gasteiger charge is 2.36. The second kappa shape index (κ2) is 7.68. The van der Waals surface area contributed by atoms with Gasteiger partial charge < -0.3 is 14.3 Å². The van der Waals surface area contributed by atoms with E-state index in [2.05, 4.69) is 25.3 Å². The van der Waals surface area contributed by atoms with Crippen LogP contribution in [0.15, 0.2) is 53.2 Å². The summed E-state index contributed by atoms with van der Waals surface area (Å²) in [6, 6.07) is 8.98. The molecule has 1 aromatic carbocycles. The monoisotopic (exact) mass is 469 g/mol. The Morgan fingerprint density at radius 1 is 1.06 bits per heavy atom. The van der Waals surface area contributed by atoms with Crippen LogP contribution in [0.3, 0.4) is 0 Å². The second-order valence-corrected chi connectivity index (χ2v) is 7.76. The third kappa shape index (κ3) is 3.13. The van der Waals surface area contributed by atoms with Crippen LogP contribution in [0.25, 0.3) is 17.0 Å². The van der Waals surface area contributed by atoms with Crippen molar-refractivity contribution in [2.75, 3.05) is 11.4 Å². The molecular formula is C22H15F4N7O. The van der Waals surface area contributed by atoms with Crippen molar-refractivity contribution < 1.29 is 22.0 Å². The fourth-order valence-corrected chi connectivity index (χ4v) is 4.27. The van der Waals surface area contributed by atoms with E-state index >= 15 is 0 Å². The lowest BCUT2D eigenvalue weighted by Crippen LogP contribution is -2.37. The number of rotatable bonds is 4. The van der Waals surface area contributed by atoms with E-state index in [-0.39, 0.29) is 17.6 Å². The Bertz CT molecular complexity index is 1490. The van der Waals surface area contributed by atoms with Crippen LogP contribution in [0.4, 0.5) is 23.6 Å². The molecule has 5 heterocycles. The van der Waals surface area contributed by atoms with Gasteiger partial charge in [-0.05, 0) is 30.3 Å². The Morgan fingerprint density at radius 2 is 1.85 bits per heavy atom. The topological polar surface area (TPSA) is 88.1 Å². The smallest absolute Gasteiger partial charge is 0.319 e. The molecule has 0 spiro atoms. The Kier molecular flexibility index (Phi) is 4.61. The molecule has 5 aromatic rings. The Labute approximate surface area is 188 Å². The van der Waals surface area contributed by atoms with Crippen molar-refractivity contribution in [1.29, 1.82) is 0 Å². The van der Waals surface area contributed by atoms with Crippen molar-refractivity contribution in [3.63, 3.8) is 0 Å². The molecule has 12 heteroatoms. The minimum Gasteiger partial charge on any atom is -0.403 e. The number of pyridine rings is 1. The summed E-state index contributed by atoms with van der Waals surface area (Å²) >= 11 is 0. The number of hydrogen-bond donors (Lipinski definition) is 1. The van der Waals surface area contributed by atoms with E-state index in [1.807, 2.05) is 0 Å². The molecule has 172 valence electrons. The highest BCUT2D eigenvalue weighted by Crippen LogP contribution is 2.38. The molecule has 0 bridgehead atoms. The summed E-state index contributed by atoms with van der Waals surface area (Å²) in [5.41, 5.74) is 1.71. The van der Waals surface area contributed by atoms with Crippen molar-refractivity contribution in [3.8, 4) is 11.5 Å². The summed E-state index contributed by atoms with van der Waals surface area (Å²) in [7, 11) is 0. The number of halogens is 4. The Balaban J connectivity index is 1.47. The number of aromatic amines is 1. The van der Waals surface area contributed by atoms with Gasteiger partial charge in [0.05, 0.1) is 23.2 Å². The fourth-order valence-electron chi connectivity index (χ4n) is 4.27. The lowest BCUT2D eigenvalue weighted by atomic mass is 10.0. The predicted molar refractivity (Wildman–Crippen MR) is 111 cm³/mol. The second-order valence-electron chi connectivity index (χ2n) is 7.76. The van der Waals surface area contributed by atoms with Gasteiger partial charge in [0, 0.05) is 18.7 Å². The summed E-state index contributed by atoms with van der Waals surface area (Å²) in [6.45, 7) is 0.386. The number of imidazole rings is 1. The lowest BCUT2D eigenvalue weighted by molar-refractivity contribution is 0.143. The highest BCUT2D eigenvalue weighted by molar-refractivity contribution is 5.57. The number of hydrogen-bond acceptors (Lipinski definition) is 6. The molecule has 34 heavy (non-hydrogen) atoms. The van der Waals surface area contributed by atoms with Gasteiger partial charge in [0.1, 0.15) is 28.9 Å². The first kappa shape index (κ1) is 20.4. The van der Waals surface area contributed by atoms with Crippen molar-refractivity contribution in [3.05, 3.63) is 83.2 Å². The van der Waals surface area contributed by atoms with Crippen LogP contribution in [0.5, 0.6) is 0 Å². The number of H-pyrrole nitrogens is 1. The van der Waals surface area contributed by atoms with Gasteiger partial charge in [-0.15, -0.1) is 5.10 Å².